The van der Waals surface area contributed by atoms with Crippen LogP contribution in [0.1, 0.15) is 0 Å². The Balaban J connectivity index is 2.00. The molecule has 1 aromatic carbocycles. The molecule has 20 heavy (non-hydrogen) atoms. The number of anilines is 1. The minimum absolute atomic E-state index is 0.310. The van der Waals surface area contributed by atoms with Gasteiger partial charge in [0.1, 0.15) is 0 Å². The number of carboxylic acid groups (broad SMARTS) is 1. The van der Waals surface area contributed by atoms with E-state index in [4.69, 9.17) is 9.84 Å². The summed E-state index contributed by atoms with van der Waals surface area (Å²) < 4.78 is 8.19. The first-order chi connectivity index (χ1) is 9.58. The number of aryl methyl sites for hydroxylation is 1. The molecule has 1 fully saturated rings. The molecule has 106 valence electrons. The summed E-state index contributed by atoms with van der Waals surface area (Å²) in [4.78, 5) is 17.6. The zero-order valence-corrected chi connectivity index (χ0v) is 12.5. The number of hydrogen-bond acceptors (Lipinski definition) is 4. The number of rotatable bonds is 2. The number of aromatic nitrogens is 2. The highest BCUT2D eigenvalue weighted by atomic mass is 79.9. The smallest absolute Gasteiger partial charge is 0.334 e. The molecule has 1 N–H and O–H groups in total. The van der Waals surface area contributed by atoms with Crippen molar-refractivity contribution in [2.75, 3.05) is 24.6 Å². The fraction of sp³-hybridized carbons (Fsp3) is 0.385. The molecule has 0 spiro atoms. The van der Waals surface area contributed by atoms with Crippen molar-refractivity contribution >= 4 is 38.9 Å². The molecule has 7 heteroatoms. The van der Waals surface area contributed by atoms with Crippen LogP contribution in [0.25, 0.3) is 11.0 Å². The lowest BCUT2D eigenvalue weighted by Crippen LogP contribution is -2.47. The summed E-state index contributed by atoms with van der Waals surface area (Å²) in [5, 5.41) is 9.07. The number of carboxylic acids is 1. The zero-order valence-electron chi connectivity index (χ0n) is 10.9. The number of aliphatic carboxylic acids is 1. The molecule has 6 nitrogen and oxygen atoms in total. The first-order valence-corrected chi connectivity index (χ1v) is 7.07. The van der Waals surface area contributed by atoms with Crippen LogP contribution < -0.4 is 4.90 Å². The average molecular weight is 340 g/mol. The van der Waals surface area contributed by atoms with Crippen LogP contribution >= 0.6 is 15.9 Å². The van der Waals surface area contributed by atoms with E-state index in [1.807, 2.05) is 34.7 Å². The summed E-state index contributed by atoms with van der Waals surface area (Å²) in [5.74, 6) is -0.170. The van der Waals surface area contributed by atoms with Crippen LogP contribution in [0.3, 0.4) is 0 Å². The Morgan fingerprint density at radius 3 is 3.05 bits per heavy atom. The third-order valence-corrected chi connectivity index (χ3v) is 4.09. The van der Waals surface area contributed by atoms with E-state index >= 15 is 0 Å². The van der Waals surface area contributed by atoms with Gasteiger partial charge in [-0.2, -0.15) is 0 Å². The van der Waals surface area contributed by atoms with E-state index in [2.05, 4.69) is 20.9 Å². The molecule has 3 rings (SSSR count). The molecule has 0 saturated carbocycles. The minimum Gasteiger partial charge on any atom is -0.479 e. The first-order valence-electron chi connectivity index (χ1n) is 6.28. The van der Waals surface area contributed by atoms with E-state index in [-0.39, 0.29) is 0 Å². The van der Waals surface area contributed by atoms with Gasteiger partial charge in [-0.25, -0.2) is 9.78 Å². The van der Waals surface area contributed by atoms with Crippen LogP contribution in [0, 0.1) is 0 Å². The monoisotopic (exact) mass is 339 g/mol. The normalized spacial score (nSPS) is 19.5. The maximum absolute atomic E-state index is 11.1. The van der Waals surface area contributed by atoms with Crippen LogP contribution in [-0.2, 0) is 16.6 Å². The highest BCUT2D eigenvalue weighted by Crippen LogP contribution is 2.28. The van der Waals surface area contributed by atoms with Gasteiger partial charge >= 0.3 is 5.97 Å². The second kappa shape index (κ2) is 5.06. The number of ether oxygens (including phenoxy) is 1. The average Bonchev–Trinajstić information content (AvgIpc) is 2.77. The predicted octanol–water partition coefficient (Wildman–Crippen LogP) is 1.63. The zero-order chi connectivity index (χ0) is 14.3. The molecule has 2 heterocycles. The van der Waals surface area contributed by atoms with Gasteiger partial charge in [-0.1, -0.05) is 6.07 Å². The Hall–Kier alpha value is -1.60. The van der Waals surface area contributed by atoms with Crippen molar-refractivity contribution in [3.05, 3.63) is 22.7 Å². The van der Waals surface area contributed by atoms with E-state index in [0.717, 1.165) is 21.5 Å². The lowest BCUT2D eigenvalue weighted by molar-refractivity contribution is -0.150. The van der Waals surface area contributed by atoms with Gasteiger partial charge in [0.15, 0.2) is 6.10 Å². The molecule has 0 aliphatic carbocycles. The highest BCUT2D eigenvalue weighted by Gasteiger charge is 2.28. The molecule has 1 atom stereocenters. The maximum Gasteiger partial charge on any atom is 0.334 e. The molecular weight excluding hydrogens is 326 g/mol. The Morgan fingerprint density at radius 2 is 2.35 bits per heavy atom. The summed E-state index contributed by atoms with van der Waals surface area (Å²) >= 11 is 3.52. The Bertz CT molecular complexity index is 670. The number of fused-ring (bicyclic) bond motifs is 1. The van der Waals surface area contributed by atoms with Gasteiger partial charge in [-0.3, -0.25) is 0 Å². The largest absolute Gasteiger partial charge is 0.479 e. The molecule has 1 saturated heterocycles. The third kappa shape index (κ3) is 2.16. The molecule has 1 aromatic heterocycles. The number of nitrogens with zero attached hydrogens (tertiary/aromatic N) is 3. The summed E-state index contributed by atoms with van der Waals surface area (Å²) in [5.41, 5.74) is 1.89. The van der Waals surface area contributed by atoms with Crippen molar-refractivity contribution in [2.24, 2.45) is 7.05 Å². The lowest BCUT2D eigenvalue weighted by atomic mass is 10.3. The number of carbonyl (C=O) groups is 1. The second-order valence-corrected chi connectivity index (χ2v) is 5.58. The first kappa shape index (κ1) is 13.4. The van der Waals surface area contributed by atoms with Gasteiger partial charge in [-0.15, -0.1) is 0 Å². The summed E-state index contributed by atoms with van der Waals surface area (Å²) in [6.07, 6.45) is -0.799. The summed E-state index contributed by atoms with van der Waals surface area (Å²) in [6.45, 7) is 1.34. The highest BCUT2D eigenvalue weighted by molar-refractivity contribution is 9.10. The van der Waals surface area contributed by atoms with Crippen LogP contribution in [-0.4, -0.2) is 46.4 Å². The van der Waals surface area contributed by atoms with Crippen LogP contribution in [0.2, 0.25) is 0 Å². The summed E-state index contributed by atoms with van der Waals surface area (Å²) in [7, 11) is 1.93. The standard InChI is InChI=1S/C13H14BrN3O3/c1-16-11-8(14)3-2-4-9(11)15-13(16)17-5-6-20-10(7-17)12(18)19/h2-4,10H,5-7H2,1H3,(H,18,19). The fourth-order valence-corrected chi connectivity index (χ4v) is 3.09. The number of morpholine rings is 1. The fourth-order valence-electron chi connectivity index (χ4n) is 2.47. The molecule has 0 amide bonds. The van der Waals surface area contributed by atoms with Crippen LogP contribution in [0.15, 0.2) is 22.7 Å². The number of imidazole rings is 1. The second-order valence-electron chi connectivity index (χ2n) is 4.72. The predicted molar refractivity (Wildman–Crippen MR) is 78.0 cm³/mol. The number of halogens is 1. The van der Waals surface area contributed by atoms with Crippen molar-refractivity contribution < 1.29 is 14.6 Å². The Kier molecular flexibility index (Phi) is 3.39. The van der Waals surface area contributed by atoms with Gasteiger partial charge in [0.2, 0.25) is 5.95 Å². The number of hydrogen-bond donors (Lipinski definition) is 1. The van der Waals surface area contributed by atoms with E-state index in [0.29, 0.717) is 19.7 Å². The molecule has 0 radical (unpaired) electrons. The van der Waals surface area contributed by atoms with Crippen LogP contribution in [0.4, 0.5) is 5.95 Å². The quantitative estimate of drug-likeness (QED) is 0.900. The maximum atomic E-state index is 11.1. The Labute approximate surface area is 124 Å². The van der Waals surface area contributed by atoms with E-state index in [1.165, 1.54) is 0 Å². The van der Waals surface area contributed by atoms with Gasteiger partial charge in [0, 0.05) is 18.1 Å². The van der Waals surface area contributed by atoms with Gasteiger partial charge < -0.3 is 19.3 Å². The van der Waals surface area contributed by atoms with Gasteiger partial charge in [0.25, 0.3) is 0 Å². The van der Waals surface area contributed by atoms with Gasteiger partial charge in [0.05, 0.1) is 24.2 Å². The summed E-state index contributed by atoms with van der Waals surface area (Å²) in [6, 6.07) is 5.84. The van der Waals surface area contributed by atoms with E-state index in [1.54, 1.807) is 0 Å². The van der Waals surface area contributed by atoms with Crippen molar-refractivity contribution in [2.45, 2.75) is 6.10 Å². The third-order valence-electron chi connectivity index (χ3n) is 3.45. The molecule has 2 aromatic rings. The molecular formula is C13H14BrN3O3. The SMILES string of the molecule is Cn1c(N2CCOC(C(=O)O)C2)nc2cccc(Br)c21. The van der Waals surface area contributed by atoms with E-state index < -0.39 is 12.1 Å². The van der Waals surface area contributed by atoms with E-state index in [9.17, 15) is 4.79 Å². The number of para-hydroxylation sites is 1. The van der Waals surface area contributed by atoms with Crippen molar-refractivity contribution in [1.29, 1.82) is 0 Å². The van der Waals surface area contributed by atoms with Crippen molar-refractivity contribution in [3.8, 4) is 0 Å². The lowest BCUT2D eigenvalue weighted by Gasteiger charge is -2.31. The van der Waals surface area contributed by atoms with Crippen molar-refractivity contribution in [1.82, 2.24) is 9.55 Å². The molecule has 1 aliphatic rings. The minimum atomic E-state index is -0.936. The van der Waals surface area contributed by atoms with Gasteiger partial charge in [-0.05, 0) is 28.1 Å². The Morgan fingerprint density at radius 1 is 1.55 bits per heavy atom. The molecule has 1 aliphatic heterocycles. The molecule has 0 bridgehead atoms. The number of benzene rings is 1. The van der Waals surface area contributed by atoms with Crippen LogP contribution in [0.5, 0.6) is 0 Å². The topological polar surface area (TPSA) is 67.6 Å². The molecule has 1 unspecified atom stereocenters. The van der Waals surface area contributed by atoms with Crippen molar-refractivity contribution in [3.63, 3.8) is 0 Å².